The van der Waals surface area contributed by atoms with Gasteiger partial charge in [0.05, 0.1) is 28.2 Å². The number of hydrogen-bond acceptors (Lipinski definition) is 8. The quantitative estimate of drug-likeness (QED) is 0.120. The minimum atomic E-state index is -4.94. The average Bonchev–Trinajstić information content (AvgIpc) is 2.57. The number of carbonyl (C=O) groups excluding carboxylic acids is 2. The minimum absolute atomic E-state index is 0.354. The molecule has 1 aliphatic rings. The van der Waals surface area contributed by atoms with Gasteiger partial charge < -0.3 is 0 Å². The molecule has 1 heterocycles. The van der Waals surface area contributed by atoms with Gasteiger partial charge in [0.2, 0.25) is 0 Å². The second kappa shape index (κ2) is 7.87. The average molecular weight is 328 g/mol. The topological polar surface area (TPSA) is 154 Å². The highest BCUT2D eigenvalue weighted by Gasteiger charge is 2.28. The Labute approximate surface area is 122 Å². The maximum Gasteiger partial charge on any atom is 0.479 e. The molecule has 0 N–H and O–H groups in total. The van der Waals surface area contributed by atoms with E-state index in [0.29, 0.717) is 11.1 Å². The molecule has 0 saturated heterocycles. The molecule has 0 aromatic rings. The van der Waals surface area contributed by atoms with Crippen molar-refractivity contribution in [2.45, 2.75) is 0 Å². The van der Waals surface area contributed by atoms with Crippen molar-refractivity contribution in [3.05, 3.63) is 12.2 Å². The van der Waals surface area contributed by atoms with E-state index in [1.165, 1.54) is 0 Å². The van der Waals surface area contributed by atoms with Gasteiger partial charge in [0.15, 0.2) is 0 Å². The van der Waals surface area contributed by atoms with Crippen molar-refractivity contribution in [1.29, 1.82) is 0 Å². The normalized spacial score (nSPS) is 13.8. The summed E-state index contributed by atoms with van der Waals surface area (Å²) in [6.07, 6.45) is 2.22. The molecular formula is C9H14ClN3O8. The first-order valence-corrected chi connectivity index (χ1v) is 6.41. The first-order valence-electron chi connectivity index (χ1n) is 5.17. The van der Waals surface area contributed by atoms with Crippen molar-refractivity contribution < 1.29 is 52.9 Å². The molecule has 0 spiro atoms. The van der Waals surface area contributed by atoms with Crippen LogP contribution in [0.2, 0.25) is 0 Å². The fourth-order valence-electron chi connectivity index (χ4n) is 1.08. The predicted molar refractivity (Wildman–Crippen MR) is 54.0 cm³/mol. The van der Waals surface area contributed by atoms with E-state index in [0.717, 1.165) is 12.2 Å². The smallest absolute Gasteiger partial charge is 0.267 e. The Morgan fingerprint density at radius 2 is 1.52 bits per heavy atom. The molecule has 1 aliphatic heterocycles. The van der Waals surface area contributed by atoms with Crippen LogP contribution in [0.4, 0.5) is 0 Å². The van der Waals surface area contributed by atoms with Crippen LogP contribution in [0, 0.1) is 10.2 Å². The molecular weight excluding hydrogens is 314 g/mol. The van der Waals surface area contributed by atoms with E-state index >= 15 is 0 Å². The van der Waals surface area contributed by atoms with Gasteiger partial charge in [-0.15, -0.1) is 15.3 Å². The van der Waals surface area contributed by atoms with Gasteiger partial charge in [0.25, 0.3) is 11.8 Å². The number of hydrogen-bond donors (Lipinski definition) is 0. The molecule has 0 radical (unpaired) electrons. The van der Waals surface area contributed by atoms with Crippen molar-refractivity contribution in [1.82, 2.24) is 9.96 Å². The first kappa shape index (κ1) is 19.2. The number of rotatable bonds is 2. The lowest BCUT2D eigenvalue weighted by molar-refractivity contribution is -2.00. The highest BCUT2D eigenvalue weighted by Crippen LogP contribution is 2.05. The van der Waals surface area contributed by atoms with E-state index in [4.69, 9.17) is 23.5 Å². The molecule has 0 unspecified atom stereocenters. The minimum Gasteiger partial charge on any atom is -0.267 e. The Morgan fingerprint density at radius 1 is 1.14 bits per heavy atom. The van der Waals surface area contributed by atoms with E-state index in [9.17, 15) is 9.59 Å². The Kier molecular flexibility index (Phi) is 7.21. The Hall–Kier alpha value is -1.76. The van der Waals surface area contributed by atoms with Crippen LogP contribution in [-0.4, -0.2) is 60.6 Å². The molecule has 120 valence electrons. The van der Waals surface area contributed by atoms with Crippen molar-refractivity contribution in [3.63, 3.8) is 0 Å². The fourth-order valence-corrected chi connectivity index (χ4v) is 1.08. The number of amides is 2. The van der Waals surface area contributed by atoms with Gasteiger partial charge in [-0.05, 0) is 4.99 Å². The van der Waals surface area contributed by atoms with Gasteiger partial charge in [-0.3, -0.25) is 9.59 Å². The SMILES string of the molecule is CN(C)C(OON1C(=O)C=CC1=O)=[N+](C)C.[O-][Cl+3]([O-])([O-])[O-]. The standard InChI is InChI=1S/C9H14N3O4.ClHO4/c1-10(2)9(11(3)4)15-16-12-7(13)5-6-8(12)14;2-1(3,4)5/h5-6H,1-4H3;(H,2,3,4,5)/q+1;/p-1. The van der Waals surface area contributed by atoms with E-state index < -0.39 is 22.1 Å². The predicted octanol–water partition coefficient (Wildman–Crippen LogP) is -5.79. The number of imide groups is 1. The lowest BCUT2D eigenvalue weighted by atomic mass is 10.6. The number of halogens is 1. The third kappa shape index (κ3) is 8.19. The highest BCUT2D eigenvalue weighted by atomic mass is 35.7. The van der Waals surface area contributed by atoms with Gasteiger partial charge in [0.1, 0.15) is 0 Å². The summed E-state index contributed by atoms with van der Waals surface area (Å²) in [5.41, 5.74) is 0. The summed E-state index contributed by atoms with van der Waals surface area (Å²) in [5, 5.41) is 0.535. The van der Waals surface area contributed by atoms with Gasteiger partial charge in [-0.2, -0.15) is 0 Å². The number of amidine groups is 1. The maximum absolute atomic E-state index is 11.1. The highest BCUT2D eigenvalue weighted by molar-refractivity contribution is 6.11. The van der Waals surface area contributed by atoms with Crippen LogP contribution >= 0.6 is 0 Å². The van der Waals surface area contributed by atoms with Gasteiger partial charge in [-0.1, -0.05) is 0 Å². The molecule has 0 aromatic heterocycles. The second-order valence-electron chi connectivity index (χ2n) is 3.91. The molecule has 11 nitrogen and oxygen atoms in total. The molecule has 0 aliphatic carbocycles. The Morgan fingerprint density at radius 3 is 1.81 bits per heavy atom. The Bertz CT molecular complexity index is 428. The maximum atomic E-state index is 11.1. The molecule has 0 bridgehead atoms. The Balaban J connectivity index is 0.000000690. The van der Waals surface area contributed by atoms with E-state index in [-0.39, 0.29) is 0 Å². The summed E-state index contributed by atoms with van der Waals surface area (Å²) in [7, 11) is 2.02. The third-order valence-corrected chi connectivity index (χ3v) is 1.72. The van der Waals surface area contributed by atoms with E-state index in [2.05, 4.69) is 4.99 Å². The van der Waals surface area contributed by atoms with Gasteiger partial charge in [-0.25, -0.2) is 33.0 Å². The van der Waals surface area contributed by atoms with E-state index in [1.807, 2.05) is 0 Å². The number of hydroxylamine groups is 2. The summed E-state index contributed by atoms with van der Waals surface area (Å²) >= 11 is 0. The molecule has 0 aromatic carbocycles. The molecule has 12 heteroatoms. The largest absolute Gasteiger partial charge is 0.479 e. The zero-order valence-corrected chi connectivity index (χ0v) is 12.4. The molecule has 2 amide bonds. The molecule has 21 heavy (non-hydrogen) atoms. The van der Waals surface area contributed by atoms with Crippen molar-refractivity contribution in [3.8, 4) is 0 Å². The van der Waals surface area contributed by atoms with Gasteiger partial charge in [0, 0.05) is 12.2 Å². The lowest BCUT2D eigenvalue weighted by Gasteiger charge is -2.17. The summed E-state index contributed by atoms with van der Waals surface area (Å²) in [6.45, 7) is 0. The zero-order chi connectivity index (χ0) is 16.8. The van der Waals surface area contributed by atoms with Crippen molar-refractivity contribution in [2.75, 3.05) is 28.2 Å². The number of carbonyl (C=O) groups is 2. The fraction of sp³-hybridized carbons (Fsp3) is 0.444. The van der Waals surface area contributed by atoms with Crippen LogP contribution in [0.15, 0.2) is 12.2 Å². The first-order chi connectivity index (χ1) is 9.43. The zero-order valence-electron chi connectivity index (χ0n) is 11.6. The molecule has 0 atom stereocenters. The van der Waals surface area contributed by atoms with Crippen molar-refractivity contribution in [2.24, 2.45) is 0 Å². The van der Waals surface area contributed by atoms with Gasteiger partial charge >= 0.3 is 6.02 Å². The van der Waals surface area contributed by atoms with E-state index in [1.54, 1.807) is 37.7 Å². The summed E-state index contributed by atoms with van der Waals surface area (Å²) in [4.78, 5) is 33.4. The third-order valence-electron chi connectivity index (χ3n) is 1.72. The number of nitrogens with zero attached hydrogens (tertiary/aromatic N) is 3. The lowest BCUT2D eigenvalue weighted by Crippen LogP contribution is -2.68. The summed E-state index contributed by atoms with van der Waals surface area (Å²) in [5.74, 6) is -1.14. The van der Waals surface area contributed by atoms with Crippen LogP contribution in [0.5, 0.6) is 0 Å². The van der Waals surface area contributed by atoms with Crippen LogP contribution in [0.3, 0.4) is 0 Å². The second-order valence-corrected chi connectivity index (χ2v) is 4.67. The molecule has 1 rings (SSSR count). The molecule has 0 fully saturated rings. The van der Waals surface area contributed by atoms with Crippen LogP contribution in [0.1, 0.15) is 0 Å². The summed E-state index contributed by atoms with van der Waals surface area (Å²) < 4.78 is 35.6. The van der Waals surface area contributed by atoms with Crippen LogP contribution < -0.4 is 18.6 Å². The summed E-state index contributed by atoms with van der Waals surface area (Å²) in [6, 6.07) is 0.354. The monoisotopic (exact) mass is 327 g/mol. The molecule has 0 saturated carbocycles. The van der Waals surface area contributed by atoms with Crippen LogP contribution in [0.25, 0.3) is 0 Å². The van der Waals surface area contributed by atoms with Crippen molar-refractivity contribution >= 4 is 17.8 Å². The van der Waals surface area contributed by atoms with Crippen LogP contribution in [-0.2, 0) is 19.5 Å².